The Labute approximate surface area is 95.8 Å². The van der Waals surface area contributed by atoms with Crippen LogP contribution in [0.4, 0.5) is 0 Å². The Morgan fingerprint density at radius 3 is 1.80 bits per heavy atom. The fraction of sp³-hybridized carbons (Fsp3) is 0.385. The van der Waals surface area contributed by atoms with Gasteiger partial charge in [0, 0.05) is 7.59 Å². The number of benzene rings is 1. The van der Waals surface area contributed by atoms with Crippen LogP contribution in [0, 0.1) is 0 Å². The summed E-state index contributed by atoms with van der Waals surface area (Å²) in [6.07, 6.45) is 0. The van der Waals surface area contributed by atoms with Gasteiger partial charge < -0.3 is 0 Å². The summed E-state index contributed by atoms with van der Waals surface area (Å²) in [7, 11) is -2.40. The van der Waals surface area contributed by atoms with Gasteiger partial charge >= 0.3 is 0 Å². The summed E-state index contributed by atoms with van der Waals surface area (Å²) in [5, 5.41) is 1.42. The van der Waals surface area contributed by atoms with E-state index in [2.05, 4.69) is 69.6 Å². The molecule has 1 rings (SSSR count). The smallest absolute Gasteiger partial charge is 0.0736 e. The lowest BCUT2D eigenvalue weighted by Crippen LogP contribution is -2.53. The molecule has 1 aromatic carbocycles. The van der Waals surface area contributed by atoms with Crippen LogP contribution in [0.2, 0.25) is 32.7 Å². The average molecular weight is 234 g/mol. The van der Waals surface area contributed by atoms with Gasteiger partial charge in [0.25, 0.3) is 0 Å². The van der Waals surface area contributed by atoms with Gasteiger partial charge in [-0.05, 0) is 5.56 Å². The van der Waals surface area contributed by atoms with Gasteiger partial charge in [-0.25, -0.2) is 0 Å². The van der Waals surface area contributed by atoms with Gasteiger partial charge in [-0.2, -0.15) is 0 Å². The molecule has 0 nitrogen and oxygen atoms in total. The fourth-order valence-corrected chi connectivity index (χ4v) is 6.40. The van der Waals surface area contributed by atoms with Crippen molar-refractivity contribution < 1.29 is 0 Å². The number of hydrogen-bond acceptors (Lipinski definition) is 0. The number of rotatable bonds is 3. The van der Waals surface area contributed by atoms with Gasteiger partial charge in [-0.1, -0.05) is 74.8 Å². The Hall–Kier alpha value is -0.606. The Morgan fingerprint density at radius 1 is 0.933 bits per heavy atom. The third-order valence-corrected chi connectivity index (χ3v) is 21.5. The SMILES string of the molecule is C=C(c1ccccc1)[Si](C)(C)[Si](C)(C)C. The predicted molar refractivity (Wildman–Crippen MR) is 76.3 cm³/mol. The van der Waals surface area contributed by atoms with Crippen molar-refractivity contribution in [3.05, 3.63) is 42.5 Å². The molecule has 0 atom stereocenters. The fourth-order valence-electron chi connectivity index (χ4n) is 1.45. The Bertz CT molecular complexity index is 345. The maximum absolute atomic E-state index is 4.36. The molecule has 0 amide bonds. The first-order chi connectivity index (χ1) is 6.77. The zero-order chi connectivity index (χ0) is 11.7. The lowest BCUT2D eigenvalue weighted by Gasteiger charge is -2.37. The summed E-state index contributed by atoms with van der Waals surface area (Å²) in [5.41, 5.74) is 1.34. The van der Waals surface area contributed by atoms with Crippen LogP contribution in [-0.4, -0.2) is 15.2 Å². The van der Waals surface area contributed by atoms with E-state index in [0.717, 1.165) is 0 Å². The number of hydrogen-bond donors (Lipinski definition) is 0. The highest BCUT2D eigenvalue weighted by Crippen LogP contribution is 2.31. The summed E-state index contributed by atoms with van der Waals surface area (Å²) >= 11 is 0. The lowest BCUT2D eigenvalue weighted by molar-refractivity contribution is 1.63. The minimum atomic E-state index is -1.30. The van der Waals surface area contributed by atoms with Crippen molar-refractivity contribution in [1.29, 1.82) is 0 Å². The molecular formula is C13H22Si2. The highest BCUT2D eigenvalue weighted by molar-refractivity contribution is 7.47. The molecule has 0 aromatic heterocycles. The molecule has 0 aliphatic carbocycles. The van der Waals surface area contributed by atoms with Crippen molar-refractivity contribution >= 4 is 20.4 Å². The molecule has 0 N–H and O–H groups in total. The molecule has 0 unspecified atom stereocenters. The van der Waals surface area contributed by atoms with Crippen LogP contribution in [-0.2, 0) is 0 Å². The summed E-state index contributed by atoms with van der Waals surface area (Å²) in [6, 6.07) is 10.7. The first kappa shape index (κ1) is 12.5. The van der Waals surface area contributed by atoms with Crippen LogP contribution in [0.5, 0.6) is 0 Å². The minimum Gasteiger partial charge on any atom is -0.0995 e. The zero-order valence-corrected chi connectivity index (χ0v) is 12.6. The van der Waals surface area contributed by atoms with Crippen LogP contribution < -0.4 is 0 Å². The third kappa shape index (κ3) is 2.50. The maximum atomic E-state index is 4.36. The molecule has 0 saturated carbocycles. The Kier molecular flexibility index (Phi) is 3.41. The van der Waals surface area contributed by atoms with Crippen LogP contribution in [0.3, 0.4) is 0 Å². The van der Waals surface area contributed by atoms with E-state index in [1.165, 1.54) is 10.8 Å². The molecule has 0 aliphatic rings. The maximum Gasteiger partial charge on any atom is 0.0736 e. The summed E-state index contributed by atoms with van der Waals surface area (Å²) in [5.74, 6) is 0. The van der Waals surface area contributed by atoms with E-state index in [0.29, 0.717) is 0 Å². The first-order valence-electron chi connectivity index (χ1n) is 5.51. The lowest BCUT2D eigenvalue weighted by atomic mass is 10.2. The van der Waals surface area contributed by atoms with E-state index in [1.807, 2.05) is 0 Å². The largest absolute Gasteiger partial charge is 0.0995 e. The zero-order valence-electron chi connectivity index (χ0n) is 10.6. The predicted octanol–water partition coefficient (Wildman–Crippen LogP) is 4.36. The molecular weight excluding hydrogens is 212 g/mol. The second-order valence-corrected chi connectivity index (χ2v) is 22.3. The van der Waals surface area contributed by atoms with E-state index >= 15 is 0 Å². The molecule has 0 radical (unpaired) electrons. The summed E-state index contributed by atoms with van der Waals surface area (Å²) in [4.78, 5) is 0. The molecule has 0 saturated heterocycles. The second kappa shape index (κ2) is 4.10. The molecule has 1 aromatic rings. The molecule has 0 spiro atoms. The van der Waals surface area contributed by atoms with Crippen LogP contribution in [0.1, 0.15) is 5.56 Å². The third-order valence-electron chi connectivity index (χ3n) is 3.75. The normalized spacial score (nSPS) is 12.6. The van der Waals surface area contributed by atoms with Gasteiger partial charge in [-0.15, -0.1) is 0 Å². The van der Waals surface area contributed by atoms with Gasteiger partial charge in [0.05, 0.1) is 7.59 Å². The second-order valence-electron chi connectivity index (χ2n) is 5.72. The summed E-state index contributed by atoms with van der Waals surface area (Å²) in [6.45, 7) is 16.7. The average Bonchev–Trinajstić information content (AvgIpc) is 2.16. The summed E-state index contributed by atoms with van der Waals surface area (Å²) < 4.78 is 0. The van der Waals surface area contributed by atoms with E-state index in [1.54, 1.807) is 0 Å². The van der Waals surface area contributed by atoms with Crippen molar-refractivity contribution in [3.63, 3.8) is 0 Å². The van der Waals surface area contributed by atoms with Gasteiger partial charge in [0.2, 0.25) is 0 Å². The van der Waals surface area contributed by atoms with E-state index in [9.17, 15) is 0 Å². The van der Waals surface area contributed by atoms with Crippen molar-refractivity contribution in [3.8, 4) is 0 Å². The standard InChI is InChI=1S/C13H22Si2/c1-12(13-10-8-7-9-11-13)15(5,6)14(2,3)4/h7-11H,1H2,2-6H3. The van der Waals surface area contributed by atoms with Gasteiger partial charge in [0.15, 0.2) is 0 Å². The highest BCUT2D eigenvalue weighted by Gasteiger charge is 2.39. The van der Waals surface area contributed by atoms with E-state index in [-0.39, 0.29) is 0 Å². The minimum absolute atomic E-state index is 1.09. The quantitative estimate of drug-likeness (QED) is 0.682. The molecule has 82 valence electrons. The van der Waals surface area contributed by atoms with Crippen LogP contribution in [0.15, 0.2) is 36.9 Å². The van der Waals surface area contributed by atoms with Crippen molar-refractivity contribution in [1.82, 2.24) is 0 Å². The molecule has 0 fully saturated rings. The van der Waals surface area contributed by atoms with Gasteiger partial charge in [-0.3, -0.25) is 0 Å². The molecule has 0 heterocycles. The van der Waals surface area contributed by atoms with Crippen molar-refractivity contribution in [2.24, 2.45) is 0 Å². The van der Waals surface area contributed by atoms with Crippen LogP contribution in [0.25, 0.3) is 5.20 Å². The monoisotopic (exact) mass is 234 g/mol. The Morgan fingerprint density at radius 2 is 1.40 bits per heavy atom. The van der Waals surface area contributed by atoms with Crippen molar-refractivity contribution in [2.75, 3.05) is 0 Å². The van der Waals surface area contributed by atoms with E-state index in [4.69, 9.17) is 0 Å². The van der Waals surface area contributed by atoms with E-state index < -0.39 is 15.2 Å². The van der Waals surface area contributed by atoms with Gasteiger partial charge in [0.1, 0.15) is 0 Å². The van der Waals surface area contributed by atoms with Crippen LogP contribution >= 0.6 is 0 Å². The molecule has 15 heavy (non-hydrogen) atoms. The first-order valence-corrected chi connectivity index (χ1v) is 13.0. The molecule has 0 bridgehead atoms. The molecule has 0 aliphatic heterocycles. The topological polar surface area (TPSA) is 0 Å². The molecule has 2 heteroatoms. The highest BCUT2D eigenvalue weighted by atomic mass is 29.3. The Balaban J connectivity index is 3.06. The van der Waals surface area contributed by atoms with Crippen molar-refractivity contribution in [2.45, 2.75) is 32.7 Å².